The van der Waals surface area contributed by atoms with Crippen molar-refractivity contribution in [3.63, 3.8) is 0 Å². The van der Waals surface area contributed by atoms with Gasteiger partial charge in [-0.1, -0.05) is 120 Å². The molecule has 8 rings (SSSR count). The molecule has 2 aromatic heterocycles. The smallest absolute Gasteiger partial charge is 1.00 e. The standard InChI is InChI=1S/2C20H14N.2ClH.Zr/c2*1-2-7-15(8-3-1)18-10-6-9-16-13-17(14-19(16)18)20-11-4-5-12-21-20;;;/h2*1-14H;2*1H;/q2*-1;;;+4/p-2. The molecule has 0 N–H and O–H groups in total. The van der Waals surface area contributed by atoms with Gasteiger partial charge in [0.2, 0.25) is 0 Å². The van der Waals surface area contributed by atoms with Crippen LogP contribution in [-0.2, 0) is 26.2 Å². The summed E-state index contributed by atoms with van der Waals surface area (Å²) in [6.45, 7) is 0. The van der Waals surface area contributed by atoms with Gasteiger partial charge in [-0.05, 0) is 23.3 Å². The Morgan fingerprint density at radius 1 is 0.400 bits per heavy atom. The van der Waals surface area contributed by atoms with Crippen molar-refractivity contribution in [2.75, 3.05) is 0 Å². The first kappa shape index (κ1) is 33.8. The molecule has 2 nitrogen and oxygen atoms in total. The van der Waals surface area contributed by atoms with E-state index in [0.717, 1.165) is 11.4 Å². The van der Waals surface area contributed by atoms with E-state index in [1.54, 1.807) is 0 Å². The summed E-state index contributed by atoms with van der Waals surface area (Å²) in [7, 11) is 0. The van der Waals surface area contributed by atoms with Crippen molar-refractivity contribution in [1.29, 1.82) is 0 Å². The number of hydrogen-bond donors (Lipinski definition) is 0. The van der Waals surface area contributed by atoms with E-state index >= 15 is 0 Å². The fourth-order valence-electron chi connectivity index (χ4n) is 5.57. The third-order valence-electron chi connectivity index (χ3n) is 7.59. The van der Waals surface area contributed by atoms with Crippen LogP contribution >= 0.6 is 0 Å². The molecule has 45 heavy (non-hydrogen) atoms. The van der Waals surface area contributed by atoms with Crippen LogP contribution in [0.15, 0.2) is 170 Å². The van der Waals surface area contributed by atoms with Crippen LogP contribution in [0.5, 0.6) is 0 Å². The molecular formula is C40H28Cl2N2Zr. The van der Waals surface area contributed by atoms with Gasteiger partial charge in [0.15, 0.2) is 0 Å². The van der Waals surface area contributed by atoms with E-state index in [4.69, 9.17) is 0 Å². The zero-order valence-electron chi connectivity index (χ0n) is 24.3. The third-order valence-corrected chi connectivity index (χ3v) is 7.59. The van der Waals surface area contributed by atoms with E-state index in [0.29, 0.717) is 0 Å². The van der Waals surface area contributed by atoms with Crippen molar-refractivity contribution in [3.8, 4) is 44.8 Å². The summed E-state index contributed by atoms with van der Waals surface area (Å²) in [5.41, 5.74) is 9.44. The Labute approximate surface area is 295 Å². The third kappa shape index (κ3) is 7.40. The summed E-state index contributed by atoms with van der Waals surface area (Å²) in [5, 5.41) is 5.09. The molecule has 0 fully saturated rings. The number of halogens is 2. The average Bonchev–Trinajstić information content (AvgIpc) is 3.72. The number of rotatable bonds is 4. The molecule has 0 saturated carbocycles. The van der Waals surface area contributed by atoms with Crippen molar-refractivity contribution in [2.24, 2.45) is 0 Å². The number of nitrogens with zero attached hydrogens (tertiary/aromatic N) is 2. The number of pyridine rings is 2. The Morgan fingerprint density at radius 3 is 1.18 bits per heavy atom. The Kier molecular flexibility index (Phi) is 11.8. The summed E-state index contributed by atoms with van der Waals surface area (Å²) in [6.07, 6.45) is 3.68. The maximum Gasteiger partial charge on any atom is 4.00 e. The van der Waals surface area contributed by atoms with Gasteiger partial charge in [-0.3, -0.25) is 9.97 Å². The first-order chi connectivity index (χ1) is 20.8. The van der Waals surface area contributed by atoms with Gasteiger partial charge in [0.05, 0.1) is 0 Å². The van der Waals surface area contributed by atoms with Gasteiger partial charge in [0.25, 0.3) is 0 Å². The number of benzene rings is 4. The van der Waals surface area contributed by atoms with Gasteiger partial charge in [0.1, 0.15) is 0 Å². The van der Waals surface area contributed by atoms with Gasteiger partial charge < -0.3 is 24.8 Å². The number of aromatic nitrogens is 2. The Morgan fingerprint density at radius 2 is 0.800 bits per heavy atom. The van der Waals surface area contributed by atoms with E-state index in [1.165, 1.54) is 54.9 Å². The zero-order valence-corrected chi connectivity index (χ0v) is 28.3. The SMILES string of the molecule is [Cl-].[Cl-].[Zr+4].c1ccc(-c2cccc3[cH-]c(-c4ccccn4)cc23)cc1.c1ccc(-c2cccc3[cH-]c(-c4ccccn4)cc23)cc1. The Bertz CT molecular complexity index is 1920. The molecule has 0 bridgehead atoms. The normalized spacial score (nSPS) is 10.1. The van der Waals surface area contributed by atoms with Crippen molar-refractivity contribution in [1.82, 2.24) is 9.97 Å². The van der Waals surface area contributed by atoms with Crippen molar-refractivity contribution < 1.29 is 51.0 Å². The second-order valence-corrected chi connectivity index (χ2v) is 10.3. The number of hydrogen-bond acceptors (Lipinski definition) is 2. The largest absolute Gasteiger partial charge is 4.00 e. The summed E-state index contributed by atoms with van der Waals surface area (Å²) in [6, 6.07) is 54.9. The fourth-order valence-corrected chi connectivity index (χ4v) is 5.57. The van der Waals surface area contributed by atoms with Gasteiger partial charge in [-0.15, -0.1) is 69.1 Å². The van der Waals surface area contributed by atoms with E-state index in [1.807, 2.05) is 48.8 Å². The van der Waals surface area contributed by atoms with Crippen LogP contribution in [0.4, 0.5) is 0 Å². The molecule has 216 valence electrons. The van der Waals surface area contributed by atoms with Crippen molar-refractivity contribution in [2.45, 2.75) is 0 Å². The van der Waals surface area contributed by atoms with E-state index in [2.05, 4.69) is 131 Å². The summed E-state index contributed by atoms with van der Waals surface area (Å²) >= 11 is 0. The van der Waals surface area contributed by atoms with E-state index in [-0.39, 0.29) is 51.0 Å². The molecule has 0 aliphatic carbocycles. The molecule has 0 aliphatic rings. The summed E-state index contributed by atoms with van der Waals surface area (Å²) in [4.78, 5) is 8.89. The molecule has 0 spiro atoms. The summed E-state index contributed by atoms with van der Waals surface area (Å²) in [5.74, 6) is 0. The predicted octanol–water partition coefficient (Wildman–Crippen LogP) is 4.58. The Hall–Kier alpha value is -4.14. The second kappa shape index (κ2) is 15.7. The minimum absolute atomic E-state index is 0. The maximum absolute atomic E-state index is 4.45. The molecule has 8 aromatic rings. The molecule has 0 radical (unpaired) electrons. The quantitative estimate of drug-likeness (QED) is 0.252. The van der Waals surface area contributed by atoms with E-state index in [9.17, 15) is 0 Å². The van der Waals surface area contributed by atoms with Crippen LogP contribution in [0.3, 0.4) is 0 Å². The summed E-state index contributed by atoms with van der Waals surface area (Å²) < 4.78 is 0. The second-order valence-electron chi connectivity index (χ2n) is 10.3. The van der Waals surface area contributed by atoms with E-state index < -0.39 is 0 Å². The van der Waals surface area contributed by atoms with Crippen LogP contribution in [0.1, 0.15) is 0 Å². The number of fused-ring (bicyclic) bond motifs is 2. The average molecular weight is 699 g/mol. The molecule has 0 aliphatic heterocycles. The van der Waals surface area contributed by atoms with Crippen LogP contribution < -0.4 is 24.8 Å². The molecule has 0 unspecified atom stereocenters. The topological polar surface area (TPSA) is 25.8 Å². The fraction of sp³-hybridized carbons (Fsp3) is 0. The molecule has 6 aromatic carbocycles. The molecule has 0 amide bonds. The minimum atomic E-state index is 0. The van der Waals surface area contributed by atoms with Crippen molar-refractivity contribution >= 4 is 21.5 Å². The van der Waals surface area contributed by atoms with Crippen LogP contribution in [0.2, 0.25) is 0 Å². The van der Waals surface area contributed by atoms with Gasteiger partial charge in [-0.25, -0.2) is 0 Å². The van der Waals surface area contributed by atoms with Crippen LogP contribution in [-0.4, -0.2) is 9.97 Å². The van der Waals surface area contributed by atoms with Gasteiger partial charge >= 0.3 is 26.2 Å². The molecular weight excluding hydrogens is 671 g/mol. The monoisotopic (exact) mass is 696 g/mol. The molecule has 2 heterocycles. The van der Waals surface area contributed by atoms with Gasteiger partial charge in [0, 0.05) is 23.8 Å². The van der Waals surface area contributed by atoms with Crippen LogP contribution in [0, 0.1) is 0 Å². The first-order valence-corrected chi connectivity index (χ1v) is 14.2. The maximum atomic E-state index is 4.45. The minimum Gasteiger partial charge on any atom is -1.00 e. The van der Waals surface area contributed by atoms with Crippen LogP contribution in [0.25, 0.3) is 66.3 Å². The first-order valence-electron chi connectivity index (χ1n) is 14.2. The Balaban J connectivity index is 0.000000192. The zero-order chi connectivity index (χ0) is 28.1. The van der Waals surface area contributed by atoms with Gasteiger partial charge in [-0.2, -0.15) is 0 Å². The van der Waals surface area contributed by atoms with Crippen molar-refractivity contribution in [3.05, 3.63) is 170 Å². The molecule has 0 saturated heterocycles. The predicted molar refractivity (Wildman–Crippen MR) is 176 cm³/mol. The molecule has 0 atom stereocenters. The molecule has 5 heteroatoms.